The number of ether oxygens (including phenoxy) is 2. The molecule has 3 aromatic carbocycles. The summed E-state index contributed by atoms with van der Waals surface area (Å²) < 4.78 is 10.9. The van der Waals surface area contributed by atoms with Gasteiger partial charge in [-0.05, 0) is 60.4 Å². The zero-order valence-corrected chi connectivity index (χ0v) is 16.3. The number of benzene rings is 3. The smallest absolute Gasteiger partial charge is 0.235 e. The lowest BCUT2D eigenvalue weighted by atomic mass is 9.94. The van der Waals surface area contributed by atoms with Crippen molar-refractivity contribution >= 4 is 22.5 Å². The molecule has 1 aliphatic carbocycles. The van der Waals surface area contributed by atoms with Crippen LogP contribution in [0, 0.1) is 0 Å². The van der Waals surface area contributed by atoms with Crippen molar-refractivity contribution in [3.8, 4) is 22.8 Å². The molecule has 0 spiro atoms. The van der Waals surface area contributed by atoms with E-state index < -0.39 is 5.41 Å². The van der Waals surface area contributed by atoms with Crippen LogP contribution < -0.4 is 14.8 Å². The van der Waals surface area contributed by atoms with Gasteiger partial charge in [0.25, 0.3) is 0 Å². The molecule has 5 nitrogen and oxygen atoms in total. The van der Waals surface area contributed by atoms with Crippen LogP contribution in [-0.4, -0.2) is 17.7 Å². The molecule has 4 aromatic rings. The van der Waals surface area contributed by atoms with Crippen molar-refractivity contribution in [1.29, 1.82) is 0 Å². The average molecular weight is 398 g/mol. The van der Waals surface area contributed by atoms with Gasteiger partial charge in [0.15, 0.2) is 11.5 Å². The van der Waals surface area contributed by atoms with Crippen molar-refractivity contribution in [1.82, 2.24) is 4.98 Å². The molecule has 1 aliphatic heterocycles. The molecule has 1 aromatic heterocycles. The van der Waals surface area contributed by atoms with E-state index in [1.807, 2.05) is 54.6 Å². The molecule has 0 saturated heterocycles. The zero-order chi connectivity index (χ0) is 20.1. The molecule has 2 N–H and O–H groups in total. The standard InChI is InChI=1S/C25H20N2O3.H2/c28-24(25(10-11-25)18-6-9-22-23(14-18)30-15-29-22)26-19-7-8-20-17(12-19)13-21(27-20)16-4-2-1-3-5-16;/h1-9,12-14,27H,10-11,15H2,(H,26,28);1H. The molecule has 150 valence electrons. The van der Waals surface area contributed by atoms with Crippen molar-refractivity contribution in [2.24, 2.45) is 0 Å². The van der Waals surface area contributed by atoms with Gasteiger partial charge in [-0.2, -0.15) is 0 Å². The number of hydrogen-bond donors (Lipinski definition) is 2. The number of carbonyl (C=O) groups excluding carboxylic acids is 1. The maximum absolute atomic E-state index is 13.2. The minimum Gasteiger partial charge on any atom is -0.454 e. The first-order valence-corrected chi connectivity index (χ1v) is 10.1. The summed E-state index contributed by atoms with van der Waals surface area (Å²) >= 11 is 0. The number of rotatable bonds is 4. The summed E-state index contributed by atoms with van der Waals surface area (Å²) in [6, 6.07) is 24.1. The summed E-state index contributed by atoms with van der Waals surface area (Å²) in [4.78, 5) is 16.6. The Hall–Kier alpha value is -3.73. The van der Waals surface area contributed by atoms with Crippen molar-refractivity contribution < 1.29 is 15.7 Å². The third kappa shape index (κ3) is 2.74. The molecule has 2 aliphatic rings. The van der Waals surface area contributed by atoms with Gasteiger partial charge >= 0.3 is 0 Å². The Kier molecular flexibility index (Phi) is 3.65. The Morgan fingerprint density at radius 1 is 0.933 bits per heavy atom. The Bertz CT molecular complexity index is 1280. The largest absolute Gasteiger partial charge is 0.454 e. The Balaban J connectivity index is 0.00000204. The van der Waals surface area contributed by atoms with Crippen molar-refractivity contribution in [3.05, 3.63) is 78.4 Å². The first-order valence-electron chi connectivity index (χ1n) is 10.1. The van der Waals surface area contributed by atoms with E-state index in [-0.39, 0.29) is 14.1 Å². The predicted octanol–water partition coefficient (Wildman–Crippen LogP) is 5.48. The fourth-order valence-corrected chi connectivity index (χ4v) is 4.20. The lowest BCUT2D eigenvalue weighted by Gasteiger charge is -2.16. The number of fused-ring (bicyclic) bond motifs is 2. The predicted molar refractivity (Wildman–Crippen MR) is 118 cm³/mol. The third-order valence-corrected chi connectivity index (χ3v) is 6.07. The minimum absolute atomic E-state index is 0. The summed E-state index contributed by atoms with van der Waals surface area (Å²) in [6.45, 7) is 0.236. The van der Waals surface area contributed by atoms with E-state index in [0.29, 0.717) is 5.75 Å². The van der Waals surface area contributed by atoms with Crippen molar-refractivity contribution in [3.63, 3.8) is 0 Å². The van der Waals surface area contributed by atoms with E-state index in [9.17, 15) is 4.79 Å². The SMILES string of the molecule is O=C(Nc1ccc2[nH]c(-c3ccccc3)cc2c1)C1(c2ccc3c(c2)OCO3)CC1.[HH]. The van der Waals surface area contributed by atoms with Crippen LogP contribution in [0.5, 0.6) is 11.5 Å². The monoisotopic (exact) mass is 398 g/mol. The Morgan fingerprint density at radius 2 is 1.77 bits per heavy atom. The van der Waals surface area contributed by atoms with Gasteiger partial charge in [0.05, 0.1) is 5.41 Å². The van der Waals surface area contributed by atoms with Crippen LogP contribution in [0.4, 0.5) is 5.69 Å². The molecule has 0 atom stereocenters. The van der Waals surface area contributed by atoms with Crippen LogP contribution in [0.1, 0.15) is 19.8 Å². The molecule has 6 rings (SSSR count). The van der Waals surface area contributed by atoms with E-state index in [4.69, 9.17) is 9.47 Å². The van der Waals surface area contributed by atoms with Crippen molar-refractivity contribution in [2.75, 3.05) is 12.1 Å². The Morgan fingerprint density at radius 3 is 2.60 bits per heavy atom. The first kappa shape index (κ1) is 17.2. The molecular formula is C25H22N2O3. The highest BCUT2D eigenvalue weighted by atomic mass is 16.7. The normalized spacial score (nSPS) is 15.9. The van der Waals surface area contributed by atoms with Gasteiger partial charge in [-0.1, -0.05) is 36.4 Å². The topological polar surface area (TPSA) is 63.4 Å². The molecular weight excluding hydrogens is 376 g/mol. The van der Waals surface area contributed by atoms with Gasteiger partial charge < -0.3 is 19.8 Å². The highest BCUT2D eigenvalue weighted by molar-refractivity contribution is 6.03. The highest BCUT2D eigenvalue weighted by Gasteiger charge is 2.51. The fourth-order valence-electron chi connectivity index (χ4n) is 4.20. The van der Waals surface area contributed by atoms with Gasteiger partial charge in [0, 0.05) is 23.7 Å². The van der Waals surface area contributed by atoms with Crippen LogP contribution in [0.3, 0.4) is 0 Å². The van der Waals surface area contributed by atoms with Gasteiger partial charge in [0.1, 0.15) is 0 Å². The molecule has 5 heteroatoms. The summed E-state index contributed by atoms with van der Waals surface area (Å²) in [7, 11) is 0. The highest BCUT2D eigenvalue weighted by Crippen LogP contribution is 2.51. The number of hydrogen-bond acceptors (Lipinski definition) is 3. The molecule has 2 heterocycles. The van der Waals surface area contributed by atoms with E-state index in [1.54, 1.807) is 0 Å². The van der Waals surface area contributed by atoms with Crippen LogP contribution in [0.15, 0.2) is 72.8 Å². The van der Waals surface area contributed by atoms with Crippen LogP contribution in [0.2, 0.25) is 0 Å². The first-order chi connectivity index (χ1) is 14.7. The van der Waals surface area contributed by atoms with Crippen molar-refractivity contribution in [2.45, 2.75) is 18.3 Å². The molecule has 0 bridgehead atoms. The third-order valence-electron chi connectivity index (χ3n) is 6.07. The number of anilines is 1. The number of H-pyrrole nitrogens is 1. The molecule has 1 fully saturated rings. The lowest BCUT2D eigenvalue weighted by molar-refractivity contribution is -0.118. The van der Waals surface area contributed by atoms with E-state index in [2.05, 4.69) is 28.5 Å². The molecule has 1 amide bonds. The van der Waals surface area contributed by atoms with Gasteiger partial charge in [-0.3, -0.25) is 4.79 Å². The van der Waals surface area contributed by atoms with E-state index >= 15 is 0 Å². The van der Waals surface area contributed by atoms with Crippen LogP contribution in [-0.2, 0) is 10.2 Å². The van der Waals surface area contributed by atoms with Gasteiger partial charge in [-0.15, -0.1) is 0 Å². The lowest BCUT2D eigenvalue weighted by Crippen LogP contribution is -2.27. The second kappa shape index (κ2) is 6.39. The molecule has 0 unspecified atom stereocenters. The maximum Gasteiger partial charge on any atom is 0.235 e. The second-order valence-corrected chi connectivity index (χ2v) is 7.96. The van der Waals surface area contributed by atoms with Gasteiger partial charge in [0.2, 0.25) is 12.7 Å². The molecule has 30 heavy (non-hydrogen) atoms. The zero-order valence-electron chi connectivity index (χ0n) is 16.3. The quantitative estimate of drug-likeness (QED) is 0.478. The number of aromatic amines is 1. The molecule has 1 saturated carbocycles. The summed E-state index contributed by atoms with van der Waals surface area (Å²) in [5.41, 5.74) is 4.55. The summed E-state index contributed by atoms with van der Waals surface area (Å²) in [5.74, 6) is 1.48. The number of carbonyl (C=O) groups is 1. The van der Waals surface area contributed by atoms with Crippen LogP contribution in [0.25, 0.3) is 22.2 Å². The van der Waals surface area contributed by atoms with Crippen LogP contribution >= 0.6 is 0 Å². The minimum atomic E-state index is -0.483. The maximum atomic E-state index is 13.2. The number of aromatic nitrogens is 1. The molecule has 0 radical (unpaired) electrons. The van der Waals surface area contributed by atoms with E-state index in [1.165, 1.54) is 0 Å². The Labute approximate surface area is 175 Å². The van der Waals surface area contributed by atoms with Gasteiger partial charge in [-0.25, -0.2) is 0 Å². The summed E-state index contributed by atoms with van der Waals surface area (Å²) in [6.07, 6.45) is 1.67. The number of amides is 1. The average Bonchev–Trinajstić information content (AvgIpc) is 3.27. The fraction of sp³-hybridized carbons (Fsp3) is 0.160. The second-order valence-electron chi connectivity index (χ2n) is 7.96. The number of nitrogens with one attached hydrogen (secondary N) is 2. The van der Waals surface area contributed by atoms with E-state index in [0.717, 1.165) is 52.0 Å². The summed E-state index contributed by atoms with van der Waals surface area (Å²) in [5, 5.41) is 4.20.